The summed E-state index contributed by atoms with van der Waals surface area (Å²) in [5, 5.41) is 0. The van der Waals surface area contributed by atoms with Crippen molar-refractivity contribution in [3.8, 4) is 0 Å². The van der Waals surface area contributed by atoms with Gasteiger partial charge >= 0.3 is 0 Å². The molecule has 0 bridgehead atoms. The van der Waals surface area contributed by atoms with Gasteiger partial charge in [0.05, 0.1) is 5.54 Å². The fraction of sp³-hybridized carbons (Fsp3) is 0.633. The summed E-state index contributed by atoms with van der Waals surface area (Å²) >= 11 is 0. The third kappa shape index (κ3) is 17.8. The van der Waals surface area contributed by atoms with Crippen LogP contribution in [0, 0.1) is 0 Å². The molecule has 0 saturated carbocycles. The summed E-state index contributed by atoms with van der Waals surface area (Å²) in [6.45, 7) is 7.20. The molecule has 1 aliphatic rings. The zero-order valence-electron chi connectivity index (χ0n) is 21.2. The Balaban J connectivity index is 1.83. The van der Waals surface area contributed by atoms with Crippen molar-refractivity contribution >= 4 is 5.90 Å². The average molecular weight is 440 g/mol. The van der Waals surface area contributed by atoms with Crippen molar-refractivity contribution in [1.82, 2.24) is 0 Å². The maximum absolute atomic E-state index is 5.65. The van der Waals surface area contributed by atoms with Crippen LogP contribution in [-0.4, -0.2) is 18.0 Å². The highest BCUT2D eigenvalue weighted by Gasteiger charge is 2.25. The van der Waals surface area contributed by atoms with Gasteiger partial charge < -0.3 is 4.74 Å². The summed E-state index contributed by atoms with van der Waals surface area (Å²) in [6.07, 6.45) is 39.5. The third-order valence-electron chi connectivity index (χ3n) is 5.44. The van der Waals surface area contributed by atoms with Crippen molar-refractivity contribution in [2.45, 2.75) is 116 Å². The van der Waals surface area contributed by atoms with Crippen LogP contribution in [0.5, 0.6) is 0 Å². The van der Waals surface area contributed by atoms with Crippen molar-refractivity contribution in [3.05, 3.63) is 60.8 Å². The molecule has 0 amide bonds. The molecule has 1 heterocycles. The van der Waals surface area contributed by atoms with E-state index in [4.69, 9.17) is 4.74 Å². The van der Waals surface area contributed by atoms with Crippen LogP contribution >= 0.6 is 0 Å². The normalized spacial score (nSPS) is 16.4. The van der Waals surface area contributed by atoms with Gasteiger partial charge in [-0.05, 0) is 65.2 Å². The number of aliphatic imine (C=N–C) groups is 1. The van der Waals surface area contributed by atoms with Crippen LogP contribution in [-0.2, 0) is 4.74 Å². The molecule has 2 nitrogen and oxygen atoms in total. The van der Waals surface area contributed by atoms with Crippen molar-refractivity contribution in [2.75, 3.05) is 6.61 Å². The van der Waals surface area contributed by atoms with E-state index in [1.54, 1.807) is 0 Å². The van der Waals surface area contributed by atoms with Gasteiger partial charge in [0.15, 0.2) is 5.90 Å². The molecule has 0 saturated heterocycles. The van der Waals surface area contributed by atoms with Crippen LogP contribution in [0.3, 0.4) is 0 Å². The number of nitrogens with zero attached hydrogens (tertiary/aromatic N) is 1. The minimum atomic E-state index is 0.000535. The molecule has 1 rings (SSSR count). The van der Waals surface area contributed by atoms with Gasteiger partial charge in [-0.15, -0.1) is 0 Å². The van der Waals surface area contributed by atoms with Gasteiger partial charge in [-0.1, -0.05) is 99.8 Å². The van der Waals surface area contributed by atoms with Gasteiger partial charge in [-0.2, -0.15) is 0 Å². The fourth-order valence-electron chi connectivity index (χ4n) is 3.58. The molecule has 0 radical (unpaired) electrons. The zero-order valence-corrected chi connectivity index (χ0v) is 21.2. The monoisotopic (exact) mass is 439 g/mol. The minimum absolute atomic E-state index is 0.000535. The highest BCUT2D eigenvalue weighted by Crippen LogP contribution is 2.20. The first-order chi connectivity index (χ1) is 15.6. The lowest BCUT2D eigenvalue weighted by atomic mass is 10.1. The largest absolute Gasteiger partial charge is 0.478 e. The van der Waals surface area contributed by atoms with Gasteiger partial charge in [0, 0.05) is 6.42 Å². The first-order valence-corrected chi connectivity index (χ1v) is 13.1. The lowest BCUT2D eigenvalue weighted by molar-refractivity contribution is 0.273. The zero-order chi connectivity index (χ0) is 23.2. The van der Waals surface area contributed by atoms with E-state index in [0.29, 0.717) is 0 Å². The Morgan fingerprint density at radius 2 is 1.12 bits per heavy atom. The molecule has 0 N–H and O–H groups in total. The summed E-state index contributed by atoms with van der Waals surface area (Å²) in [5.41, 5.74) is 0.000535. The number of ether oxygens (including phenoxy) is 1. The van der Waals surface area contributed by atoms with Gasteiger partial charge in [0.2, 0.25) is 0 Å². The first kappa shape index (κ1) is 28.2. The molecule has 180 valence electrons. The Morgan fingerprint density at radius 1 is 0.656 bits per heavy atom. The van der Waals surface area contributed by atoms with E-state index in [-0.39, 0.29) is 5.54 Å². The first-order valence-electron chi connectivity index (χ1n) is 13.1. The number of hydrogen-bond acceptors (Lipinski definition) is 2. The molecule has 2 heteroatoms. The van der Waals surface area contributed by atoms with Gasteiger partial charge in [0.1, 0.15) is 6.61 Å². The van der Waals surface area contributed by atoms with E-state index >= 15 is 0 Å². The predicted octanol–water partition coefficient (Wildman–Crippen LogP) is 9.46. The average Bonchev–Trinajstić information content (AvgIpc) is 3.12. The Hall–Kier alpha value is -1.83. The van der Waals surface area contributed by atoms with E-state index < -0.39 is 0 Å². The smallest absolute Gasteiger partial charge is 0.183 e. The minimum Gasteiger partial charge on any atom is -0.478 e. The molecule has 0 aromatic carbocycles. The van der Waals surface area contributed by atoms with Crippen LogP contribution in [0.2, 0.25) is 0 Å². The van der Waals surface area contributed by atoms with Gasteiger partial charge in [-0.3, -0.25) is 0 Å². The molecule has 0 spiro atoms. The topological polar surface area (TPSA) is 21.6 Å². The number of rotatable bonds is 19. The second kappa shape index (κ2) is 19.8. The lowest BCUT2D eigenvalue weighted by Gasteiger charge is -2.07. The van der Waals surface area contributed by atoms with Crippen LogP contribution < -0.4 is 0 Å². The Morgan fingerprint density at radius 3 is 1.62 bits per heavy atom. The van der Waals surface area contributed by atoms with Gasteiger partial charge in [0.25, 0.3) is 0 Å². The van der Waals surface area contributed by atoms with Crippen LogP contribution in [0.25, 0.3) is 0 Å². The van der Waals surface area contributed by atoms with E-state index in [2.05, 4.69) is 86.5 Å². The Bertz CT molecular complexity index is 619. The predicted molar refractivity (Wildman–Crippen MR) is 143 cm³/mol. The SMILES string of the molecule is CC/C=C\C/C=C\C/C=C\C/C=C\C/C=C\CCCCCCCCCC1=NC(C)(C)CO1. The second-order valence-electron chi connectivity index (χ2n) is 9.33. The quantitative estimate of drug-likeness (QED) is 0.145. The molecular weight excluding hydrogens is 390 g/mol. The molecule has 0 aromatic rings. The fourth-order valence-corrected chi connectivity index (χ4v) is 3.58. The lowest BCUT2D eigenvalue weighted by Crippen LogP contribution is -2.17. The van der Waals surface area contributed by atoms with Gasteiger partial charge in [-0.25, -0.2) is 4.99 Å². The molecule has 0 atom stereocenters. The standard InChI is InChI=1S/C30H49NO/c1-4-5-6-7-8-9-10-11-12-13-14-15-16-17-18-19-20-21-22-23-24-25-26-27-29-31-30(2,3)28-32-29/h5-6,8-9,11-12,14-15,17-18H,4,7,10,13,16,19-28H2,1-3H3/b6-5-,9-8-,12-11-,15-14-,18-17-. The summed E-state index contributed by atoms with van der Waals surface area (Å²) in [5.74, 6) is 0.979. The molecule has 1 aliphatic heterocycles. The van der Waals surface area contributed by atoms with Crippen LogP contribution in [0.15, 0.2) is 65.8 Å². The Kier molecular flexibility index (Phi) is 17.5. The number of allylic oxidation sites excluding steroid dienone is 10. The second-order valence-corrected chi connectivity index (χ2v) is 9.33. The summed E-state index contributed by atoms with van der Waals surface area (Å²) in [4.78, 5) is 4.62. The molecule has 0 aliphatic carbocycles. The summed E-state index contributed by atoms with van der Waals surface area (Å²) in [7, 11) is 0. The van der Waals surface area contributed by atoms with E-state index in [1.807, 2.05) is 0 Å². The molecule has 0 aromatic heterocycles. The van der Waals surface area contributed by atoms with Crippen LogP contribution in [0.1, 0.15) is 111 Å². The Labute approximate surface area is 199 Å². The van der Waals surface area contributed by atoms with Crippen molar-refractivity contribution in [1.29, 1.82) is 0 Å². The maximum atomic E-state index is 5.65. The molecular formula is C30H49NO. The van der Waals surface area contributed by atoms with E-state index in [1.165, 1.54) is 51.4 Å². The number of hydrogen-bond donors (Lipinski definition) is 0. The molecule has 0 fully saturated rings. The molecule has 32 heavy (non-hydrogen) atoms. The van der Waals surface area contributed by atoms with Crippen molar-refractivity contribution < 1.29 is 4.74 Å². The summed E-state index contributed by atoms with van der Waals surface area (Å²) in [6, 6.07) is 0. The van der Waals surface area contributed by atoms with Crippen LogP contribution in [0.4, 0.5) is 0 Å². The van der Waals surface area contributed by atoms with E-state index in [0.717, 1.165) is 51.0 Å². The highest BCUT2D eigenvalue weighted by atomic mass is 16.5. The summed E-state index contributed by atoms with van der Waals surface area (Å²) < 4.78 is 5.65. The van der Waals surface area contributed by atoms with Crippen molar-refractivity contribution in [2.24, 2.45) is 4.99 Å². The third-order valence-corrected chi connectivity index (χ3v) is 5.44. The van der Waals surface area contributed by atoms with E-state index in [9.17, 15) is 0 Å². The maximum Gasteiger partial charge on any atom is 0.183 e. The number of unbranched alkanes of at least 4 members (excludes halogenated alkanes) is 7. The molecule has 0 unspecified atom stereocenters. The highest BCUT2D eigenvalue weighted by molar-refractivity contribution is 5.78. The van der Waals surface area contributed by atoms with Crippen molar-refractivity contribution in [3.63, 3.8) is 0 Å².